The summed E-state index contributed by atoms with van der Waals surface area (Å²) in [6, 6.07) is 8.99. The van der Waals surface area contributed by atoms with Gasteiger partial charge in [-0.3, -0.25) is 9.59 Å². The normalized spacial score (nSPS) is 17.0. The maximum absolute atomic E-state index is 13.0. The number of carbonyl (C=O) groups is 2. The first kappa shape index (κ1) is 21.0. The SMILES string of the molecule is O=C(NCCC(=O)N1CCN(S(=O)(=O)c2ccc3c(c2)CCC3)CC1)c1cccs1. The summed E-state index contributed by atoms with van der Waals surface area (Å²) in [7, 11) is -3.55. The molecule has 0 bridgehead atoms. The van der Waals surface area contributed by atoms with Gasteiger partial charge in [0.15, 0.2) is 0 Å². The molecule has 1 aromatic heterocycles. The van der Waals surface area contributed by atoms with Gasteiger partial charge in [0.25, 0.3) is 5.91 Å². The van der Waals surface area contributed by atoms with Crippen molar-refractivity contribution in [3.05, 3.63) is 51.7 Å². The van der Waals surface area contributed by atoms with Crippen molar-refractivity contribution in [3.8, 4) is 0 Å². The van der Waals surface area contributed by atoms with E-state index in [0.717, 1.165) is 24.8 Å². The first-order chi connectivity index (χ1) is 14.4. The minimum atomic E-state index is -3.55. The third-order valence-electron chi connectivity index (χ3n) is 5.67. The fourth-order valence-electron chi connectivity index (χ4n) is 3.97. The lowest BCUT2D eigenvalue weighted by atomic mass is 10.1. The molecule has 0 saturated carbocycles. The van der Waals surface area contributed by atoms with E-state index in [1.54, 1.807) is 23.1 Å². The van der Waals surface area contributed by atoms with E-state index in [4.69, 9.17) is 0 Å². The number of hydrogen-bond donors (Lipinski definition) is 1. The van der Waals surface area contributed by atoms with Crippen LogP contribution in [0.2, 0.25) is 0 Å². The third kappa shape index (κ3) is 4.43. The molecule has 2 heterocycles. The summed E-state index contributed by atoms with van der Waals surface area (Å²) in [5.74, 6) is -0.251. The Labute approximate surface area is 180 Å². The van der Waals surface area contributed by atoms with E-state index in [-0.39, 0.29) is 37.9 Å². The number of amides is 2. The number of fused-ring (bicyclic) bond motifs is 1. The highest BCUT2D eigenvalue weighted by Crippen LogP contribution is 2.26. The summed E-state index contributed by atoms with van der Waals surface area (Å²) in [6.45, 7) is 1.56. The number of nitrogens with one attached hydrogen (secondary N) is 1. The zero-order valence-corrected chi connectivity index (χ0v) is 18.3. The van der Waals surface area contributed by atoms with E-state index in [9.17, 15) is 18.0 Å². The molecule has 0 radical (unpaired) electrons. The van der Waals surface area contributed by atoms with Crippen LogP contribution in [0, 0.1) is 0 Å². The Hall–Kier alpha value is -2.23. The number of thiophene rings is 1. The van der Waals surface area contributed by atoms with Crippen molar-refractivity contribution >= 4 is 33.2 Å². The fraction of sp³-hybridized carbons (Fsp3) is 0.429. The van der Waals surface area contributed by atoms with Gasteiger partial charge in [0.2, 0.25) is 15.9 Å². The number of piperazine rings is 1. The van der Waals surface area contributed by atoms with Gasteiger partial charge < -0.3 is 10.2 Å². The molecule has 1 fully saturated rings. The van der Waals surface area contributed by atoms with Crippen LogP contribution in [0.15, 0.2) is 40.6 Å². The van der Waals surface area contributed by atoms with E-state index < -0.39 is 10.0 Å². The molecule has 1 aliphatic heterocycles. The first-order valence-electron chi connectivity index (χ1n) is 10.2. The Balaban J connectivity index is 1.28. The molecule has 2 amide bonds. The molecule has 9 heteroatoms. The Morgan fingerprint density at radius 1 is 1.03 bits per heavy atom. The van der Waals surface area contributed by atoms with Gasteiger partial charge in [-0.15, -0.1) is 11.3 Å². The van der Waals surface area contributed by atoms with Crippen LogP contribution < -0.4 is 5.32 Å². The number of aryl methyl sites for hydroxylation is 2. The van der Waals surface area contributed by atoms with E-state index in [0.29, 0.717) is 22.9 Å². The van der Waals surface area contributed by atoms with Crippen LogP contribution in [-0.4, -0.2) is 62.2 Å². The summed E-state index contributed by atoms with van der Waals surface area (Å²) in [6.07, 6.45) is 3.23. The van der Waals surface area contributed by atoms with Crippen molar-refractivity contribution in [3.63, 3.8) is 0 Å². The van der Waals surface area contributed by atoms with Gasteiger partial charge in [0.1, 0.15) is 0 Å². The number of rotatable bonds is 6. The largest absolute Gasteiger partial charge is 0.351 e. The first-order valence-corrected chi connectivity index (χ1v) is 12.5. The van der Waals surface area contributed by atoms with Gasteiger partial charge in [-0.2, -0.15) is 4.31 Å². The molecule has 1 saturated heterocycles. The zero-order valence-electron chi connectivity index (χ0n) is 16.7. The highest BCUT2D eigenvalue weighted by molar-refractivity contribution is 7.89. The fourth-order valence-corrected chi connectivity index (χ4v) is 6.08. The second-order valence-electron chi connectivity index (χ2n) is 7.55. The molecule has 2 aromatic rings. The maximum atomic E-state index is 13.0. The predicted octanol–water partition coefficient (Wildman–Crippen LogP) is 1.89. The summed E-state index contributed by atoms with van der Waals surface area (Å²) in [5, 5.41) is 4.58. The van der Waals surface area contributed by atoms with Gasteiger partial charge >= 0.3 is 0 Å². The van der Waals surface area contributed by atoms with Crippen LogP contribution in [-0.2, 0) is 27.7 Å². The smallest absolute Gasteiger partial charge is 0.261 e. The van der Waals surface area contributed by atoms with E-state index in [1.807, 2.05) is 17.5 Å². The van der Waals surface area contributed by atoms with Gasteiger partial charge in [0, 0.05) is 39.1 Å². The number of nitrogens with zero attached hydrogens (tertiary/aromatic N) is 2. The molecule has 7 nitrogen and oxygen atoms in total. The van der Waals surface area contributed by atoms with Gasteiger partial charge in [-0.05, 0) is 54.0 Å². The van der Waals surface area contributed by atoms with E-state index in [1.165, 1.54) is 21.2 Å². The molecule has 0 spiro atoms. The lowest BCUT2D eigenvalue weighted by molar-refractivity contribution is -0.132. The van der Waals surface area contributed by atoms with Crippen LogP contribution >= 0.6 is 11.3 Å². The molecule has 30 heavy (non-hydrogen) atoms. The summed E-state index contributed by atoms with van der Waals surface area (Å²) in [4.78, 5) is 27.0. The molecule has 4 rings (SSSR count). The molecule has 1 N–H and O–H groups in total. The standard InChI is InChI=1S/C21H25N3O4S2/c25-20(8-9-22-21(26)19-5-2-14-29-19)23-10-12-24(13-11-23)30(27,28)18-7-6-16-3-1-4-17(16)15-18/h2,5-7,14-15H,1,3-4,8-13H2,(H,22,26). The highest BCUT2D eigenvalue weighted by Gasteiger charge is 2.30. The van der Waals surface area contributed by atoms with Gasteiger partial charge in [-0.25, -0.2) is 8.42 Å². The minimum absolute atomic E-state index is 0.0731. The van der Waals surface area contributed by atoms with Crippen LogP contribution in [0.25, 0.3) is 0 Å². The molecule has 0 unspecified atom stereocenters. The molecule has 160 valence electrons. The second kappa shape index (κ2) is 8.87. The lowest BCUT2D eigenvalue weighted by Gasteiger charge is -2.34. The summed E-state index contributed by atoms with van der Waals surface area (Å²) >= 11 is 1.36. The summed E-state index contributed by atoms with van der Waals surface area (Å²) in [5.41, 5.74) is 2.38. The number of sulfonamides is 1. The Morgan fingerprint density at radius 2 is 1.80 bits per heavy atom. The van der Waals surface area contributed by atoms with Crippen molar-refractivity contribution in [2.24, 2.45) is 0 Å². The molecule has 1 aliphatic carbocycles. The maximum Gasteiger partial charge on any atom is 0.261 e. The number of hydrogen-bond acceptors (Lipinski definition) is 5. The van der Waals surface area contributed by atoms with Crippen LogP contribution in [0.4, 0.5) is 0 Å². The van der Waals surface area contributed by atoms with Crippen molar-refractivity contribution < 1.29 is 18.0 Å². The van der Waals surface area contributed by atoms with Gasteiger partial charge in [0.05, 0.1) is 9.77 Å². The molecule has 2 aliphatic rings. The van der Waals surface area contributed by atoms with E-state index >= 15 is 0 Å². The minimum Gasteiger partial charge on any atom is -0.351 e. The van der Waals surface area contributed by atoms with Crippen molar-refractivity contribution in [2.45, 2.75) is 30.6 Å². The van der Waals surface area contributed by atoms with Crippen molar-refractivity contribution in [1.82, 2.24) is 14.5 Å². The number of benzene rings is 1. The zero-order chi connectivity index (χ0) is 21.1. The van der Waals surface area contributed by atoms with Gasteiger partial charge in [-0.1, -0.05) is 12.1 Å². The number of carbonyl (C=O) groups excluding carboxylic acids is 2. The summed E-state index contributed by atoms with van der Waals surface area (Å²) < 4.78 is 27.5. The van der Waals surface area contributed by atoms with Crippen LogP contribution in [0.1, 0.15) is 33.6 Å². The monoisotopic (exact) mass is 447 g/mol. The molecule has 1 aromatic carbocycles. The van der Waals surface area contributed by atoms with E-state index in [2.05, 4.69) is 5.32 Å². The molecular formula is C21H25N3O4S2. The quantitative estimate of drug-likeness (QED) is 0.733. The molecule has 0 atom stereocenters. The Kier molecular flexibility index (Phi) is 6.21. The van der Waals surface area contributed by atoms with Crippen molar-refractivity contribution in [1.29, 1.82) is 0 Å². The Bertz CT molecular complexity index is 1030. The average Bonchev–Trinajstić information content (AvgIpc) is 3.45. The topological polar surface area (TPSA) is 86.8 Å². The predicted molar refractivity (Wildman–Crippen MR) is 115 cm³/mol. The van der Waals surface area contributed by atoms with Crippen LogP contribution in [0.5, 0.6) is 0 Å². The third-order valence-corrected chi connectivity index (χ3v) is 8.43. The second-order valence-corrected chi connectivity index (χ2v) is 10.4. The Morgan fingerprint density at radius 3 is 2.53 bits per heavy atom. The van der Waals surface area contributed by atoms with Crippen molar-refractivity contribution in [2.75, 3.05) is 32.7 Å². The van der Waals surface area contributed by atoms with Crippen LogP contribution in [0.3, 0.4) is 0 Å². The molecular weight excluding hydrogens is 422 g/mol. The average molecular weight is 448 g/mol. The highest BCUT2D eigenvalue weighted by atomic mass is 32.2. The lowest BCUT2D eigenvalue weighted by Crippen LogP contribution is -2.50.